The zero-order chi connectivity index (χ0) is 30.7. The van der Waals surface area contributed by atoms with Gasteiger partial charge in [-0.25, -0.2) is 13.1 Å². The molecule has 2 amide bonds. The van der Waals surface area contributed by atoms with Crippen LogP contribution in [0.25, 0.3) is 0 Å². The fourth-order valence-corrected chi connectivity index (χ4v) is 5.40. The maximum atomic E-state index is 13.3. The fourth-order valence-electron chi connectivity index (χ4n) is 4.57. The number of benzene rings is 1. The lowest BCUT2D eigenvalue weighted by molar-refractivity contribution is -0.140. The van der Waals surface area contributed by atoms with Crippen molar-refractivity contribution in [1.82, 2.24) is 25.1 Å². The molecule has 15 heteroatoms. The van der Waals surface area contributed by atoms with E-state index in [9.17, 15) is 36.0 Å². The molecule has 2 aromatic rings. The lowest BCUT2D eigenvalue weighted by atomic mass is 9.98. The second-order valence-electron chi connectivity index (χ2n) is 10.8. The molecule has 11 nitrogen and oxygen atoms in total. The number of hydrogen-bond acceptors (Lipinski definition) is 8. The van der Waals surface area contributed by atoms with Crippen LogP contribution in [0.3, 0.4) is 0 Å². The number of aromatic nitrogens is 2. The van der Waals surface area contributed by atoms with Crippen molar-refractivity contribution in [2.45, 2.75) is 71.3 Å². The van der Waals surface area contributed by atoms with E-state index in [-0.39, 0.29) is 36.2 Å². The SMILES string of the molecule is CC(C)[C@H](NC(=O)C1CCCN1C(=O)[C@@H](NS(C)(=O)=O)C(C)C)C(=O)c1noc(Cc2cccc(C(F)(F)F)c2)n1. The summed E-state index contributed by atoms with van der Waals surface area (Å²) in [6.45, 7) is 7.00. The minimum atomic E-state index is -4.52. The smallest absolute Gasteiger partial charge is 0.344 e. The zero-order valence-corrected chi connectivity index (χ0v) is 24.2. The van der Waals surface area contributed by atoms with Gasteiger partial charge in [0, 0.05) is 6.54 Å². The summed E-state index contributed by atoms with van der Waals surface area (Å²) >= 11 is 0. The van der Waals surface area contributed by atoms with Gasteiger partial charge in [-0.15, -0.1) is 0 Å². The first kappa shape index (κ1) is 32.2. The molecule has 1 aromatic carbocycles. The normalized spacial score (nSPS) is 17.6. The van der Waals surface area contributed by atoms with E-state index in [0.29, 0.717) is 12.8 Å². The number of carbonyl (C=O) groups excluding carboxylic acids is 3. The zero-order valence-electron chi connectivity index (χ0n) is 23.4. The van der Waals surface area contributed by atoms with Gasteiger partial charge in [0.2, 0.25) is 39.3 Å². The fraction of sp³-hybridized carbons (Fsp3) is 0.577. The Morgan fingerprint density at radius 2 is 1.78 bits per heavy atom. The van der Waals surface area contributed by atoms with Crippen LogP contribution in [-0.4, -0.2) is 72.0 Å². The minimum absolute atomic E-state index is 0.0767. The predicted molar refractivity (Wildman–Crippen MR) is 141 cm³/mol. The number of nitrogens with zero attached hydrogens (tertiary/aromatic N) is 3. The third kappa shape index (κ3) is 8.35. The second-order valence-corrected chi connectivity index (χ2v) is 12.6. The molecule has 41 heavy (non-hydrogen) atoms. The van der Waals surface area contributed by atoms with E-state index in [2.05, 4.69) is 20.2 Å². The van der Waals surface area contributed by atoms with Crippen LogP contribution in [-0.2, 0) is 32.2 Å². The summed E-state index contributed by atoms with van der Waals surface area (Å²) in [7, 11) is -3.70. The number of ketones is 1. The van der Waals surface area contributed by atoms with Crippen LogP contribution in [0.15, 0.2) is 28.8 Å². The molecule has 1 aromatic heterocycles. The van der Waals surface area contributed by atoms with Gasteiger partial charge in [0.05, 0.1) is 24.3 Å². The number of amides is 2. The number of carbonyl (C=O) groups is 3. The highest BCUT2D eigenvalue weighted by atomic mass is 32.2. The van der Waals surface area contributed by atoms with Gasteiger partial charge in [0.25, 0.3) is 0 Å². The van der Waals surface area contributed by atoms with Crippen molar-refractivity contribution in [3.8, 4) is 0 Å². The van der Waals surface area contributed by atoms with Crippen LogP contribution in [0.1, 0.15) is 68.2 Å². The van der Waals surface area contributed by atoms with Gasteiger partial charge in [-0.1, -0.05) is 51.1 Å². The van der Waals surface area contributed by atoms with E-state index in [1.54, 1.807) is 27.7 Å². The second kappa shape index (κ2) is 12.7. The van der Waals surface area contributed by atoms with Crippen LogP contribution >= 0.6 is 0 Å². The molecular weight excluding hydrogens is 567 g/mol. The van der Waals surface area contributed by atoms with Crippen LogP contribution in [0.4, 0.5) is 13.2 Å². The van der Waals surface area contributed by atoms with Gasteiger partial charge < -0.3 is 14.7 Å². The number of halogens is 3. The molecule has 3 rings (SSSR count). The lowest BCUT2D eigenvalue weighted by Crippen LogP contribution is -2.57. The maximum Gasteiger partial charge on any atom is 0.416 e. The molecular formula is C26H34F3N5O6S. The van der Waals surface area contributed by atoms with Gasteiger partial charge in [-0.2, -0.15) is 18.2 Å². The summed E-state index contributed by atoms with van der Waals surface area (Å²) in [5.41, 5.74) is -0.577. The first-order valence-electron chi connectivity index (χ1n) is 13.1. The number of rotatable bonds is 11. The van der Waals surface area contributed by atoms with Crippen LogP contribution < -0.4 is 10.0 Å². The first-order chi connectivity index (χ1) is 19.0. The van der Waals surface area contributed by atoms with Gasteiger partial charge in [0.15, 0.2) is 0 Å². The van der Waals surface area contributed by atoms with E-state index >= 15 is 0 Å². The van der Waals surface area contributed by atoms with Crippen molar-refractivity contribution in [3.63, 3.8) is 0 Å². The minimum Gasteiger partial charge on any atom is -0.344 e. The van der Waals surface area contributed by atoms with Crippen LogP contribution in [0.5, 0.6) is 0 Å². The lowest BCUT2D eigenvalue weighted by Gasteiger charge is -2.31. The van der Waals surface area contributed by atoms with Crippen LogP contribution in [0, 0.1) is 11.8 Å². The summed E-state index contributed by atoms with van der Waals surface area (Å²) < 4.78 is 70.1. The standard InChI is InChI=1S/C26H34F3N5O6S/c1-14(2)20(22(35)23-30-19(40-32-23)13-16-8-6-9-17(12-16)26(27,28)29)31-24(36)18-10-7-11-34(18)25(37)21(15(3)4)33-41(5,38)39/h6,8-9,12,14-15,18,20-21,33H,7,10-11,13H2,1-5H3,(H,31,36)/t18?,20-,21-/m0/s1. The Labute approximate surface area is 236 Å². The summed E-state index contributed by atoms with van der Waals surface area (Å²) in [5.74, 6) is -3.00. The molecule has 3 atom stereocenters. The monoisotopic (exact) mass is 601 g/mol. The van der Waals surface area contributed by atoms with Crippen molar-refractivity contribution < 1.29 is 40.5 Å². The maximum absolute atomic E-state index is 13.3. The largest absolute Gasteiger partial charge is 0.416 e. The molecule has 1 aliphatic heterocycles. The van der Waals surface area contributed by atoms with Gasteiger partial charge in [-0.3, -0.25) is 14.4 Å². The molecule has 1 aliphatic rings. The molecule has 0 aliphatic carbocycles. The van der Waals surface area contributed by atoms with E-state index in [4.69, 9.17) is 4.52 Å². The Morgan fingerprint density at radius 3 is 2.37 bits per heavy atom. The third-order valence-electron chi connectivity index (χ3n) is 6.66. The van der Waals surface area contributed by atoms with E-state index in [1.807, 2.05) is 0 Å². The molecule has 0 bridgehead atoms. The van der Waals surface area contributed by atoms with Crippen molar-refractivity contribution in [2.24, 2.45) is 11.8 Å². The number of alkyl halides is 3. The molecule has 0 spiro atoms. The first-order valence-corrected chi connectivity index (χ1v) is 15.0. The number of sulfonamides is 1. The number of likely N-dealkylation sites (tertiary alicyclic amines) is 1. The highest BCUT2D eigenvalue weighted by Gasteiger charge is 2.40. The van der Waals surface area contributed by atoms with Crippen molar-refractivity contribution in [3.05, 3.63) is 47.1 Å². The van der Waals surface area contributed by atoms with Crippen LogP contribution in [0.2, 0.25) is 0 Å². The summed E-state index contributed by atoms with van der Waals surface area (Å²) in [6.07, 6.45) is -2.87. The summed E-state index contributed by atoms with van der Waals surface area (Å²) in [5, 5.41) is 6.35. The van der Waals surface area contributed by atoms with Crippen molar-refractivity contribution in [1.29, 1.82) is 0 Å². The quantitative estimate of drug-likeness (QED) is 0.373. The molecule has 2 heterocycles. The topological polar surface area (TPSA) is 152 Å². The molecule has 2 N–H and O–H groups in total. The molecule has 1 saturated heterocycles. The number of Topliss-reactive ketones (excluding diaryl/α,β-unsaturated/α-hetero) is 1. The van der Waals surface area contributed by atoms with Gasteiger partial charge >= 0.3 is 6.18 Å². The average Bonchev–Trinajstić information content (AvgIpc) is 3.54. The Morgan fingerprint density at radius 1 is 1.12 bits per heavy atom. The molecule has 1 unspecified atom stereocenters. The number of nitrogens with one attached hydrogen (secondary N) is 2. The predicted octanol–water partition coefficient (Wildman–Crippen LogP) is 2.57. The third-order valence-corrected chi connectivity index (χ3v) is 7.34. The molecule has 0 saturated carbocycles. The van der Waals surface area contributed by atoms with E-state index < -0.39 is 63.4 Å². The molecule has 226 valence electrons. The highest BCUT2D eigenvalue weighted by Crippen LogP contribution is 2.30. The average molecular weight is 602 g/mol. The Kier molecular flexibility index (Phi) is 9.95. The molecule has 0 radical (unpaired) electrons. The Balaban J connectivity index is 1.73. The number of hydrogen-bond donors (Lipinski definition) is 2. The van der Waals surface area contributed by atoms with E-state index in [1.165, 1.54) is 17.0 Å². The van der Waals surface area contributed by atoms with Crippen molar-refractivity contribution >= 4 is 27.6 Å². The molecule has 1 fully saturated rings. The van der Waals surface area contributed by atoms with E-state index in [0.717, 1.165) is 18.4 Å². The Bertz CT molecular complexity index is 1380. The Hall–Kier alpha value is -3.33. The van der Waals surface area contributed by atoms with Crippen molar-refractivity contribution in [2.75, 3.05) is 12.8 Å². The summed E-state index contributed by atoms with van der Waals surface area (Å²) in [6, 6.07) is 1.54. The highest BCUT2D eigenvalue weighted by molar-refractivity contribution is 7.88. The summed E-state index contributed by atoms with van der Waals surface area (Å²) in [4.78, 5) is 45.1. The van der Waals surface area contributed by atoms with Gasteiger partial charge in [-0.05, 0) is 36.3 Å². The van der Waals surface area contributed by atoms with Gasteiger partial charge in [0.1, 0.15) is 12.1 Å².